The minimum Gasteiger partial charge on any atom is -0.378 e. The molecule has 0 radical (unpaired) electrons. The standard InChI is InChI=1S/C11H20N2O2S2/c14-11(5-9-7-15-2-1-12-9)13-6-10-8-16-3-4-17-10/h9-10,12H,1-8H2,(H,13,14). The molecule has 2 aliphatic rings. The Morgan fingerprint density at radius 3 is 3.12 bits per heavy atom. The summed E-state index contributed by atoms with van der Waals surface area (Å²) in [6.07, 6.45) is 0.532. The summed E-state index contributed by atoms with van der Waals surface area (Å²) in [5, 5.41) is 6.91. The van der Waals surface area contributed by atoms with Gasteiger partial charge >= 0.3 is 0 Å². The Bertz CT molecular complexity index is 242. The van der Waals surface area contributed by atoms with Crippen molar-refractivity contribution in [1.82, 2.24) is 10.6 Å². The molecule has 0 aromatic heterocycles. The molecule has 2 saturated heterocycles. The molecule has 2 atom stereocenters. The minimum atomic E-state index is 0.143. The van der Waals surface area contributed by atoms with Gasteiger partial charge in [0.25, 0.3) is 0 Å². The zero-order valence-electron chi connectivity index (χ0n) is 9.94. The molecule has 0 spiro atoms. The van der Waals surface area contributed by atoms with E-state index in [1.54, 1.807) is 0 Å². The number of morpholine rings is 1. The second kappa shape index (κ2) is 7.51. The lowest BCUT2D eigenvalue weighted by Gasteiger charge is -2.24. The van der Waals surface area contributed by atoms with Crippen LogP contribution in [0.1, 0.15) is 6.42 Å². The quantitative estimate of drug-likeness (QED) is 0.775. The smallest absolute Gasteiger partial charge is 0.221 e. The van der Waals surface area contributed by atoms with Crippen LogP contribution in [0.15, 0.2) is 0 Å². The summed E-state index contributed by atoms with van der Waals surface area (Å²) in [6.45, 7) is 3.08. The predicted octanol–water partition coefficient (Wildman–Crippen LogP) is 0.330. The van der Waals surface area contributed by atoms with Gasteiger partial charge in [0.1, 0.15) is 0 Å². The third kappa shape index (κ3) is 5.07. The van der Waals surface area contributed by atoms with Gasteiger partial charge in [-0.15, -0.1) is 0 Å². The highest BCUT2D eigenvalue weighted by atomic mass is 32.2. The number of amides is 1. The Hall–Kier alpha value is 0.0900. The fourth-order valence-corrected chi connectivity index (χ4v) is 4.54. The molecule has 2 heterocycles. The third-order valence-electron chi connectivity index (χ3n) is 2.84. The molecule has 98 valence electrons. The van der Waals surface area contributed by atoms with Gasteiger partial charge in [-0.1, -0.05) is 0 Å². The monoisotopic (exact) mass is 276 g/mol. The maximum absolute atomic E-state index is 11.7. The van der Waals surface area contributed by atoms with Crippen LogP contribution >= 0.6 is 23.5 Å². The lowest BCUT2D eigenvalue weighted by molar-refractivity contribution is -0.122. The number of hydrogen-bond acceptors (Lipinski definition) is 5. The summed E-state index contributed by atoms with van der Waals surface area (Å²) in [7, 11) is 0. The van der Waals surface area contributed by atoms with Gasteiger partial charge in [-0.3, -0.25) is 4.79 Å². The number of carbonyl (C=O) groups is 1. The lowest BCUT2D eigenvalue weighted by Crippen LogP contribution is -2.45. The van der Waals surface area contributed by atoms with Crippen molar-refractivity contribution in [2.45, 2.75) is 17.7 Å². The first-order valence-electron chi connectivity index (χ1n) is 6.12. The van der Waals surface area contributed by atoms with Crippen molar-refractivity contribution in [2.24, 2.45) is 0 Å². The highest BCUT2D eigenvalue weighted by molar-refractivity contribution is 8.06. The molecule has 2 aliphatic heterocycles. The van der Waals surface area contributed by atoms with E-state index < -0.39 is 0 Å². The zero-order valence-corrected chi connectivity index (χ0v) is 11.6. The number of hydrogen-bond donors (Lipinski definition) is 2. The number of rotatable bonds is 4. The van der Waals surface area contributed by atoms with E-state index >= 15 is 0 Å². The van der Waals surface area contributed by atoms with Crippen LogP contribution in [-0.4, -0.2) is 60.8 Å². The Kier molecular flexibility index (Phi) is 5.97. The van der Waals surface area contributed by atoms with Gasteiger partial charge in [0.05, 0.1) is 13.2 Å². The van der Waals surface area contributed by atoms with Crippen LogP contribution in [0.2, 0.25) is 0 Å². The van der Waals surface area contributed by atoms with E-state index in [-0.39, 0.29) is 11.9 Å². The van der Waals surface area contributed by atoms with Gasteiger partial charge in [0.2, 0.25) is 5.91 Å². The van der Waals surface area contributed by atoms with Crippen LogP contribution in [0, 0.1) is 0 Å². The summed E-state index contributed by atoms with van der Waals surface area (Å²) in [5.41, 5.74) is 0. The topological polar surface area (TPSA) is 50.4 Å². The van der Waals surface area contributed by atoms with Crippen molar-refractivity contribution in [2.75, 3.05) is 43.6 Å². The fraction of sp³-hybridized carbons (Fsp3) is 0.909. The van der Waals surface area contributed by atoms with Crippen molar-refractivity contribution in [3.05, 3.63) is 0 Å². The Morgan fingerprint density at radius 2 is 2.41 bits per heavy atom. The number of ether oxygens (including phenoxy) is 1. The van der Waals surface area contributed by atoms with Crippen molar-refractivity contribution in [3.8, 4) is 0 Å². The van der Waals surface area contributed by atoms with Gasteiger partial charge in [-0.25, -0.2) is 0 Å². The molecular weight excluding hydrogens is 256 g/mol. The van der Waals surface area contributed by atoms with Gasteiger partial charge in [-0.05, 0) is 0 Å². The molecule has 2 rings (SSSR count). The lowest BCUT2D eigenvalue weighted by atomic mass is 10.2. The van der Waals surface area contributed by atoms with E-state index in [9.17, 15) is 4.79 Å². The van der Waals surface area contributed by atoms with E-state index in [4.69, 9.17) is 4.74 Å². The zero-order chi connectivity index (χ0) is 11.9. The second-order valence-electron chi connectivity index (χ2n) is 4.30. The molecule has 4 nitrogen and oxygen atoms in total. The van der Waals surface area contributed by atoms with E-state index in [2.05, 4.69) is 10.6 Å². The van der Waals surface area contributed by atoms with Crippen LogP contribution < -0.4 is 10.6 Å². The molecule has 2 N–H and O–H groups in total. The molecule has 2 unspecified atom stereocenters. The summed E-state index contributed by atoms with van der Waals surface area (Å²) in [6, 6.07) is 0.192. The first kappa shape index (κ1) is 13.5. The second-order valence-corrected chi connectivity index (χ2v) is 6.86. The number of carbonyl (C=O) groups excluding carboxylic acids is 1. The Labute approximate surface area is 111 Å². The van der Waals surface area contributed by atoms with E-state index in [0.29, 0.717) is 18.3 Å². The average molecular weight is 276 g/mol. The van der Waals surface area contributed by atoms with Crippen LogP contribution in [0.4, 0.5) is 0 Å². The molecule has 0 aromatic rings. The van der Waals surface area contributed by atoms with Crippen molar-refractivity contribution in [3.63, 3.8) is 0 Å². The molecule has 6 heteroatoms. The molecule has 0 aliphatic carbocycles. The van der Waals surface area contributed by atoms with E-state index in [1.165, 1.54) is 11.5 Å². The van der Waals surface area contributed by atoms with Crippen molar-refractivity contribution < 1.29 is 9.53 Å². The summed E-state index contributed by atoms with van der Waals surface area (Å²) in [4.78, 5) is 11.7. The van der Waals surface area contributed by atoms with Crippen LogP contribution in [0.3, 0.4) is 0 Å². The summed E-state index contributed by atoms with van der Waals surface area (Å²) < 4.78 is 5.33. The summed E-state index contributed by atoms with van der Waals surface area (Å²) >= 11 is 3.96. The van der Waals surface area contributed by atoms with Crippen molar-refractivity contribution >= 4 is 29.4 Å². The molecular formula is C11H20N2O2S2. The minimum absolute atomic E-state index is 0.143. The number of thioether (sulfide) groups is 2. The largest absolute Gasteiger partial charge is 0.378 e. The average Bonchev–Trinajstić information content (AvgIpc) is 2.39. The maximum Gasteiger partial charge on any atom is 0.221 e. The maximum atomic E-state index is 11.7. The van der Waals surface area contributed by atoms with Crippen LogP contribution in [0.25, 0.3) is 0 Å². The molecule has 0 aromatic carbocycles. The Morgan fingerprint density at radius 1 is 1.47 bits per heavy atom. The van der Waals surface area contributed by atoms with Gasteiger partial charge in [-0.2, -0.15) is 23.5 Å². The molecule has 0 saturated carbocycles. The molecule has 17 heavy (non-hydrogen) atoms. The SMILES string of the molecule is O=C(CC1COCCN1)NCC1CSCCS1. The normalized spacial score (nSPS) is 29.9. The Balaban J connectivity index is 1.59. The molecule has 2 fully saturated rings. The van der Waals surface area contributed by atoms with Crippen LogP contribution in [0.5, 0.6) is 0 Å². The van der Waals surface area contributed by atoms with Gasteiger partial charge < -0.3 is 15.4 Å². The highest BCUT2D eigenvalue weighted by Gasteiger charge is 2.18. The van der Waals surface area contributed by atoms with E-state index in [0.717, 1.165) is 25.4 Å². The van der Waals surface area contributed by atoms with E-state index in [1.807, 2.05) is 23.5 Å². The highest BCUT2D eigenvalue weighted by Crippen LogP contribution is 2.23. The first-order chi connectivity index (χ1) is 8.34. The number of nitrogens with one attached hydrogen (secondary N) is 2. The fourth-order valence-electron chi connectivity index (χ4n) is 1.93. The summed E-state index contributed by atoms with van der Waals surface area (Å²) in [5.74, 6) is 3.77. The molecule has 0 bridgehead atoms. The van der Waals surface area contributed by atoms with Crippen molar-refractivity contribution in [1.29, 1.82) is 0 Å². The third-order valence-corrected chi connectivity index (χ3v) is 5.69. The van der Waals surface area contributed by atoms with Crippen LogP contribution in [-0.2, 0) is 9.53 Å². The molecule has 1 amide bonds. The predicted molar refractivity (Wildman–Crippen MR) is 73.8 cm³/mol. The van der Waals surface area contributed by atoms with Gasteiger partial charge in [0, 0.05) is 48.1 Å². The first-order valence-corrected chi connectivity index (χ1v) is 8.32. The van der Waals surface area contributed by atoms with Gasteiger partial charge in [0.15, 0.2) is 0 Å².